The lowest BCUT2D eigenvalue weighted by Gasteiger charge is -2.24. The van der Waals surface area contributed by atoms with Crippen molar-refractivity contribution >= 4 is 43.8 Å². The van der Waals surface area contributed by atoms with Crippen molar-refractivity contribution in [2.75, 3.05) is 10.6 Å². The molecule has 0 unspecified atom stereocenters. The first-order valence-electron chi connectivity index (χ1n) is 9.04. The van der Waals surface area contributed by atoms with Gasteiger partial charge >= 0.3 is 0 Å². The number of halogens is 1. The predicted octanol–water partition coefficient (Wildman–Crippen LogP) is 4.18. The van der Waals surface area contributed by atoms with Crippen LogP contribution in [0.15, 0.2) is 88.4 Å². The Labute approximate surface area is 184 Å². The van der Waals surface area contributed by atoms with Crippen LogP contribution >= 0.6 is 15.9 Å². The normalized spacial score (nSPS) is 11.4. The average Bonchev–Trinajstić information content (AvgIpc) is 2.72. The Hall–Kier alpha value is -2.97. The molecule has 0 radical (unpaired) electrons. The topological polar surface area (TPSA) is 78.8 Å². The van der Waals surface area contributed by atoms with Gasteiger partial charge in [-0.3, -0.25) is 9.10 Å². The molecule has 3 rings (SSSR count). The Morgan fingerprint density at radius 1 is 1.03 bits per heavy atom. The molecule has 30 heavy (non-hydrogen) atoms. The molecule has 0 fully saturated rings. The summed E-state index contributed by atoms with van der Waals surface area (Å²) in [6.45, 7) is 0.116. The zero-order valence-corrected chi connectivity index (χ0v) is 18.6. The second-order valence-corrected chi connectivity index (χ2v) is 9.35. The molecule has 0 aromatic heterocycles. The molecule has 0 aliphatic carbocycles. The van der Waals surface area contributed by atoms with Crippen molar-refractivity contribution in [2.45, 2.75) is 6.54 Å². The van der Waals surface area contributed by atoms with E-state index in [-0.39, 0.29) is 12.1 Å². The Bertz CT molecular complexity index is 1170. The third-order valence-electron chi connectivity index (χ3n) is 4.22. The molecule has 6 nitrogen and oxygen atoms in total. The van der Waals surface area contributed by atoms with Gasteiger partial charge in [0.25, 0.3) is 5.91 Å². The number of rotatable bonds is 7. The van der Waals surface area contributed by atoms with E-state index in [2.05, 4.69) is 26.5 Å². The quantitative estimate of drug-likeness (QED) is 0.402. The first-order chi connectivity index (χ1) is 14.3. The average molecular weight is 486 g/mol. The third kappa shape index (κ3) is 5.77. The third-order valence-corrected chi connectivity index (χ3v) is 5.83. The Kier molecular flexibility index (Phi) is 7.02. The van der Waals surface area contributed by atoms with Crippen molar-refractivity contribution < 1.29 is 13.2 Å². The van der Waals surface area contributed by atoms with Gasteiger partial charge in [0, 0.05) is 4.47 Å². The molecule has 154 valence electrons. The minimum absolute atomic E-state index is 0.116. The maximum atomic E-state index is 12.8. The SMILES string of the molecule is CS(=O)(=O)N(Cc1ccccc1)c1ccccc1C(=O)N/N=C/c1cccc(Br)c1. The molecule has 0 aliphatic rings. The van der Waals surface area contributed by atoms with Crippen LogP contribution in [0.3, 0.4) is 0 Å². The van der Waals surface area contributed by atoms with Crippen molar-refractivity contribution in [3.63, 3.8) is 0 Å². The van der Waals surface area contributed by atoms with Gasteiger partial charge in [-0.05, 0) is 35.4 Å². The summed E-state index contributed by atoms with van der Waals surface area (Å²) in [7, 11) is -3.63. The van der Waals surface area contributed by atoms with Gasteiger partial charge in [0.15, 0.2) is 0 Å². The lowest BCUT2D eigenvalue weighted by molar-refractivity contribution is 0.0956. The highest BCUT2D eigenvalue weighted by atomic mass is 79.9. The number of hydrogen-bond acceptors (Lipinski definition) is 4. The minimum Gasteiger partial charge on any atom is -0.267 e. The summed E-state index contributed by atoms with van der Waals surface area (Å²) in [6.07, 6.45) is 2.64. The van der Waals surface area contributed by atoms with Crippen LogP contribution in [0.2, 0.25) is 0 Å². The number of amides is 1. The van der Waals surface area contributed by atoms with E-state index in [0.29, 0.717) is 5.69 Å². The summed E-state index contributed by atoms with van der Waals surface area (Å²) >= 11 is 3.38. The predicted molar refractivity (Wildman–Crippen MR) is 123 cm³/mol. The van der Waals surface area contributed by atoms with Gasteiger partial charge in [-0.25, -0.2) is 13.8 Å². The number of carbonyl (C=O) groups is 1. The van der Waals surface area contributed by atoms with Crippen LogP contribution in [-0.4, -0.2) is 26.8 Å². The molecule has 8 heteroatoms. The van der Waals surface area contributed by atoms with Gasteiger partial charge < -0.3 is 0 Å². The fourth-order valence-electron chi connectivity index (χ4n) is 2.83. The molecule has 1 N–H and O–H groups in total. The molecule has 3 aromatic carbocycles. The number of nitrogens with zero attached hydrogens (tertiary/aromatic N) is 2. The number of nitrogens with one attached hydrogen (secondary N) is 1. The largest absolute Gasteiger partial charge is 0.273 e. The summed E-state index contributed by atoms with van der Waals surface area (Å²) in [5.41, 5.74) is 4.59. The summed E-state index contributed by atoms with van der Waals surface area (Å²) in [6, 6.07) is 23.2. The van der Waals surface area contributed by atoms with Crippen molar-refractivity contribution in [1.29, 1.82) is 0 Å². The van der Waals surface area contributed by atoms with Gasteiger partial charge in [0.05, 0.1) is 30.3 Å². The zero-order chi connectivity index (χ0) is 21.6. The number of hydrogen-bond donors (Lipinski definition) is 1. The fraction of sp³-hybridized carbons (Fsp3) is 0.0909. The number of benzene rings is 3. The number of sulfonamides is 1. The van der Waals surface area contributed by atoms with Crippen LogP contribution in [0.1, 0.15) is 21.5 Å². The zero-order valence-electron chi connectivity index (χ0n) is 16.2. The lowest BCUT2D eigenvalue weighted by Crippen LogP contribution is -2.32. The molecular formula is C22H20BrN3O3S. The monoisotopic (exact) mass is 485 g/mol. The van der Waals surface area contributed by atoms with Crippen molar-refractivity contribution in [3.8, 4) is 0 Å². The van der Waals surface area contributed by atoms with Crippen LogP contribution < -0.4 is 9.73 Å². The molecule has 0 spiro atoms. The highest BCUT2D eigenvalue weighted by Crippen LogP contribution is 2.25. The Morgan fingerprint density at radius 2 is 1.73 bits per heavy atom. The van der Waals surface area contributed by atoms with E-state index in [0.717, 1.165) is 21.9 Å². The Balaban J connectivity index is 1.86. The highest BCUT2D eigenvalue weighted by molar-refractivity contribution is 9.10. The van der Waals surface area contributed by atoms with Crippen molar-refractivity contribution in [2.24, 2.45) is 5.10 Å². The van der Waals surface area contributed by atoms with E-state index in [1.165, 1.54) is 10.5 Å². The van der Waals surface area contributed by atoms with Crippen LogP contribution in [0.4, 0.5) is 5.69 Å². The van der Waals surface area contributed by atoms with Crippen LogP contribution in [0, 0.1) is 0 Å². The standard InChI is InChI=1S/C22H20BrN3O3S/c1-30(28,29)26(16-17-8-3-2-4-9-17)21-13-6-5-12-20(21)22(27)25-24-15-18-10-7-11-19(23)14-18/h2-15H,16H2,1H3,(H,25,27)/b24-15+. The molecule has 0 bridgehead atoms. The van der Waals surface area contributed by atoms with Crippen LogP contribution in [0.25, 0.3) is 0 Å². The van der Waals surface area contributed by atoms with E-state index in [4.69, 9.17) is 0 Å². The summed E-state index contributed by atoms with van der Waals surface area (Å²) in [5, 5.41) is 3.99. The van der Waals surface area contributed by atoms with Gasteiger partial charge in [0.2, 0.25) is 10.0 Å². The van der Waals surface area contributed by atoms with Crippen molar-refractivity contribution in [3.05, 3.63) is 100 Å². The second kappa shape index (κ2) is 9.69. The molecule has 0 saturated carbocycles. The van der Waals surface area contributed by atoms with Gasteiger partial charge in [0.1, 0.15) is 0 Å². The summed E-state index contributed by atoms with van der Waals surface area (Å²) in [5.74, 6) is -0.501. The number of para-hydroxylation sites is 1. The first kappa shape index (κ1) is 21.7. The lowest BCUT2D eigenvalue weighted by atomic mass is 10.1. The van der Waals surface area contributed by atoms with Gasteiger partial charge in [-0.1, -0.05) is 70.5 Å². The molecule has 0 aliphatic heterocycles. The number of anilines is 1. The highest BCUT2D eigenvalue weighted by Gasteiger charge is 2.23. The fourth-order valence-corrected chi connectivity index (χ4v) is 4.14. The first-order valence-corrected chi connectivity index (χ1v) is 11.7. The van der Waals surface area contributed by atoms with Crippen LogP contribution in [-0.2, 0) is 16.6 Å². The molecule has 1 amide bonds. The smallest absolute Gasteiger partial charge is 0.267 e. The summed E-state index contributed by atoms with van der Waals surface area (Å²) < 4.78 is 27.1. The Morgan fingerprint density at radius 3 is 2.43 bits per heavy atom. The van der Waals surface area contributed by atoms with E-state index >= 15 is 0 Å². The van der Waals surface area contributed by atoms with Crippen LogP contribution in [0.5, 0.6) is 0 Å². The van der Waals surface area contributed by atoms with E-state index in [9.17, 15) is 13.2 Å². The molecular weight excluding hydrogens is 466 g/mol. The molecule has 0 saturated heterocycles. The second-order valence-electron chi connectivity index (χ2n) is 6.53. The van der Waals surface area contributed by atoms with E-state index < -0.39 is 15.9 Å². The number of hydrazone groups is 1. The van der Waals surface area contributed by atoms with Gasteiger partial charge in [-0.2, -0.15) is 5.10 Å². The maximum absolute atomic E-state index is 12.8. The minimum atomic E-state index is -3.63. The number of carbonyl (C=O) groups excluding carboxylic acids is 1. The van der Waals surface area contributed by atoms with E-state index in [1.807, 2.05) is 54.6 Å². The van der Waals surface area contributed by atoms with E-state index in [1.54, 1.807) is 24.3 Å². The maximum Gasteiger partial charge on any atom is 0.273 e. The molecule has 0 heterocycles. The van der Waals surface area contributed by atoms with Gasteiger partial charge in [-0.15, -0.1) is 0 Å². The van der Waals surface area contributed by atoms with Crippen molar-refractivity contribution in [1.82, 2.24) is 5.43 Å². The summed E-state index contributed by atoms with van der Waals surface area (Å²) in [4.78, 5) is 12.8. The molecule has 3 aromatic rings. The molecule has 0 atom stereocenters.